The number of rotatable bonds is 1. The van der Waals surface area contributed by atoms with Crippen LogP contribution in [0.25, 0.3) is 10.8 Å². The summed E-state index contributed by atoms with van der Waals surface area (Å²) in [5.41, 5.74) is 6.27. The molecule has 17 heavy (non-hydrogen) atoms. The lowest BCUT2D eigenvalue weighted by molar-refractivity contribution is 0.630. The van der Waals surface area contributed by atoms with Crippen LogP contribution in [0.4, 0.5) is 15.9 Å². The SMILES string of the molecule is CC(C)(C)Nc1nccc2c(F)ccc(N)c12. The molecular weight excluding hydrogens is 217 g/mol. The number of aromatic nitrogens is 1. The molecule has 0 aliphatic carbocycles. The molecule has 1 aromatic heterocycles. The molecule has 0 saturated heterocycles. The molecule has 0 radical (unpaired) electrons. The minimum atomic E-state index is -0.284. The van der Waals surface area contributed by atoms with Crippen molar-refractivity contribution in [1.82, 2.24) is 4.98 Å². The van der Waals surface area contributed by atoms with Gasteiger partial charge < -0.3 is 11.1 Å². The fraction of sp³-hybridized carbons (Fsp3) is 0.308. The Bertz CT molecular complexity index is 558. The number of nitrogen functional groups attached to an aromatic ring is 1. The Morgan fingerprint density at radius 3 is 2.59 bits per heavy atom. The predicted molar refractivity (Wildman–Crippen MR) is 69.5 cm³/mol. The maximum absolute atomic E-state index is 13.7. The molecule has 1 heterocycles. The van der Waals surface area contributed by atoms with Crippen LogP contribution in [-0.2, 0) is 0 Å². The third kappa shape index (κ3) is 2.30. The Morgan fingerprint density at radius 2 is 1.94 bits per heavy atom. The highest BCUT2D eigenvalue weighted by molar-refractivity contribution is 6.01. The van der Waals surface area contributed by atoms with E-state index in [4.69, 9.17) is 5.73 Å². The first kappa shape index (κ1) is 11.6. The molecule has 4 heteroatoms. The van der Waals surface area contributed by atoms with Gasteiger partial charge in [-0.25, -0.2) is 9.37 Å². The van der Waals surface area contributed by atoms with Gasteiger partial charge >= 0.3 is 0 Å². The van der Waals surface area contributed by atoms with Crippen molar-refractivity contribution in [3.8, 4) is 0 Å². The van der Waals surface area contributed by atoms with Gasteiger partial charge in [0.05, 0.1) is 5.39 Å². The van der Waals surface area contributed by atoms with Crippen LogP contribution in [0, 0.1) is 5.82 Å². The van der Waals surface area contributed by atoms with Gasteiger partial charge in [0.2, 0.25) is 0 Å². The molecule has 1 aromatic carbocycles. The Morgan fingerprint density at radius 1 is 1.24 bits per heavy atom. The maximum Gasteiger partial charge on any atom is 0.136 e. The number of halogens is 1. The lowest BCUT2D eigenvalue weighted by Crippen LogP contribution is -2.26. The van der Waals surface area contributed by atoms with E-state index in [1.54, 1.807) is 18.3 Å². The Balaban J connectivity index is 2.68. The van der Waals surface area contributed by atoms with Crippen molar-refractivity contribution in [2.75, 3.05) is 11.1 Å². The maximum atomic E-state index is 13.7. The molecule has 3 N–H and O–H groups in total. The van der Waals surface area contributed by atoms with Crippen molar-refractivity contribution in [1.29, 1.82) is 0 Å². The van der Waals surface area contributed by atoms with E-state index in [1.165, 1.54) is 6.07 Å². The smallest absolute Gasteiger partial charge is 0.136 e. The van der Waals surface area contributed by atoms with Crippen LogP contribution < -0.4 is 11.1 Å². The minimum absolute atomic E-state index is 0.153. The Kier molecular flexibility index (Phi) is 2.65. The molecule has 0 spiro atoms. The zero-order valence-corrected chi connectivity index (χ0v) is 10.2. The average Bonchev–Trinajstić information content (AvgIpc) is 2.21. The quantitative estimate of drug-likeness (QED) is 0.744. The zero-order valence-electron chi connectivity index (χ0n) is 10.2. The standard InChI is InChI=1S/C13H16FN3/c1-13(2,3)17-12-11-8(6-7-16-12)9(14)4-5-10(11)15/h4-7H,15H2,1-3H3,(H,16,17). The second-order valence-electron chi connectivity index (χ2n) is 5.09. The third-order valence-electron chi connectivity index (χ3n) is 2.40. The number of pyridine rings is 1. The number of fused-ring (bicyclic) bond motifs is 1. The molecule has 0 aliphatic heterocycles. The third-order valence-corrected chi connectivity index (χ3v) is 2.40. The number of anilines is 2. The largest absolute Gasteiger partial charge is 0.398 e. The molecule has 0 aliphatic rings. The van der Waals surface area contributed by atoms with Crippen LogP contribution in [-0.4, -0.2) is 10.5 Å². The summed E-state index contributed by atoms with van der Waals surface area (Å²) in [5.74, 6) is 0.334. The first-order chi connectivity index (χ1) is 7.88. The molecule has 0 amide bonds. The Hall–Kier alpha value is -1.84. The van der Waals surface area contributed by atoms with Crippen LogP contribution in [0.3, 0.4) is 0 Å². The number of hydrogen-bond acceptors (Lipinski definition) is 3. The lowest BCUT2D eigenvalue weighted by atomic mass is 10.1. The second kappa shape index (κ2) is 3.87. The van der Waals surface area contributed by atoms with Gasteiger partial charge in [-0.2, -0.15) is 0 Å². The molecule has 90 valence electrons. The van der Waals surface area contributed by atoms with Crippen molar-refractivity contribution in [2.45, 2.75) is 26.3 Å². The van der Waals surface area contributed by atoms with Gasteiger partial charge in [-0.15, -0.1) is 0 Å². The molecule has 0 fully saturated rings. The van der Waals surface area contributed by atoms with Gasteiger partial charge in [0.25, 0.3) is 0 Å². The predicted octanol–water partition coefficient (Wildman–Crippen LogP) is 3.17. The topological polar surface area (TPSA) is 50.9 Å². The summed E-state index contributed by atoms with van der Waals surface area (Å²) in [6.45, 7) is 6.05. The zero-order chi connectivity index (χ0) is 12.6. The van der Waals surface area contributed by atoms with Gasteiger partial charge in [0.1, 0.15) is 11.6 Å². The van der Waals surface area contributed by atoms with Crippen LogP contribution >= 0.6 is 0 Å². The first-order valence-corrected chi connectivity index (χ1v) is 5.49. The molecular formula is C13H16FN3. The Labute approximate surface area is 99.8 Å². The molecule has 3 nitrogen and oxygen atoms in total. The highest BCUT2D eigenvalue weighted by atomic mass is 19.1. The summed E-state index contributed by atoms with van der Waals surface area (Å²) in [7, 11) is 0. The second-order valence-corrected chi connectivity index (χ2v) is 5.09. The molecule has 0 atom stereocenters. The van der Waals surface area contributed by atoms with Crippen LogP contribution in [0.2, 0.25) is 0 Å². The molecule has 0 bridgehead atoms. The summed E-state index contributed by atoms with van der Waals surface area (Å²) < 4.78 is 13.7. The van der Waals surface area contributed by atoms with E-state index in [-0.39, 0.29) is 11.4 Å². The number of benzene rings is 1. The normalized spacial score (nSPS) is 11.8. The van der Waals surface area contributed by atoms with Crippen LogP contribution in [0.1, 0.15) is 20.8 Å². The van der Waals surface area contributed by atoms with E-state index in [1.807, 2.05) is 20.8 Å². The van der Waals surface area contributed by atoms with Gasteiger partial charge in [-0.1, -0.05) is 0 Å². The summed E-state index contributed by atoms with van der Waals surface area (Å²) in [6, 6.07) is 4.57. The van der Waals surface area contributed by atoms with Gasteiger partial charge in [0.15, 0.2) is 0 Å². The monoisotopic (exact) mass is 233 g/mol. The van der Waals surface area contributed by atoms with E-state index in [0.29, 0.717) is 22.3 Å². The van der Waals surface area contributed by atoms with E-state index in [9.17, 15) is 4.39 Å². The minimum Gasteiger partial charge on any atom is -0.398 e. The summed E-state index contributed by atoms with van der Waals surface area (Å²) in [5, 5.41) is 4.37. The number of nitrogens with one attached hydrogen (secondary N) is 1. The molecule has 0 unspecified atom stereocenters. The van der Waals surface area contributed by atoms with Gasteiger partial charge in [-0.05, 0) is 39.0 Å². The average molecular weight is 233 g/mol. The van der Waals surface area contributed by atoms with E-state index in [0.717, 1.165) is 0 Å². The molecule has 2 rings (SSSR count). The van der Waals surface area contributed by atoms with Gasteiger partial charge in [-0.3, -0.25) is 0 Å². The fourth-order valence-corrected chi connectivity index (χ4v) is 1.74. The van der Waals surface area contributed by atoms with Gasteiger partial charge in [0, 0.05) is 22.8 Å². The highest BCUT2D eigenvalue weighted by Gasteiger charge is 2.15. The summed E-state index contributed by atoms with van der Waals surface area (Å²) >= 11 is 0. The fourth-order valence-electron chi connectivity index (χ4n) is 1.74. The van der Waals surface area contributed by atoms with E-state index in [2.05, 4.69) is 10.3 Å². The summed E-state index contributed by atoms with van der Waals surface area (Å²) in [6.07, 6.45) is 1.58. The first-order valence-electron chi connectivity index (χ1n) is 5.49. The number of nitrogens with zero attached hydrogens (tertiary/aromatic N) is 1. The van der Waals surface area contributed by atoms with Crippen molar-refractivity contribution in [3.05, 3.63) is 30.2 Å². The lowest BCUT2D eigenvalue weighted by Gasteiger charge is -2.22. The van der Waals surface area contributed by atoms with Crippen molar-refractivity contribution in [2.24, 2.45) is 0 Å². The summed E-state index contributed by atoms with van der Waals surface area (Å²) in [4.78, 5) is 4.24. The van der Waals surface area contributed by atoms with Crippen molar-refractivity contribution < 1.29 is 4.39 Å². The van der Waals surface area contributed by atoms with E-state index >= 15 is 0 Å². The van der Waals surface area contributed by atoms with E-state index < -0.39 is 0 Å². The molecule has 2 aromatic rings. The van der Waals surface area contributed by atoms with Crippen LogP contribution in [0.5, 0.6) is 0 Å². The van der Waals surface area contributed by atoms with Crippen LogP contribution in [0.15, 0.2) is 24.4 Å². The number of nitrogens with two attached hydrogens (primary N) is 1. The number of hydrogen-bond donors (Lipinski definition) is 2. The van der Waals surface area contributed by atoms with Crippen molar-refractivity contribution >= 4 is 22.3 Å². The molecule has 0 saturated carbocycles. The highest BCUT2D eigenvalue weighted by Crippen LogP contribution is 2.30. The van der Waals surface area contributed by atoms with Crippen molar-refractivity contribution in [3.63, 3.8) is 0 Å².